The number of hydrogen-bond acceptors (Lipinski definition) is 6. The fraction of sp³-hybridized carbons (Fsp3) is 0.529. The van der Waals surface area contributed by atoms with Crippen LogP contribution in [0.5, 0.6) is 0 Å². The molecule has 1 N–H and O–H groups in total. The number of carbonyl (C=O) groups excluding carboxylic acids is 1. The van der Waals surface area contributed by atoms with E-state index in [1.165, 1.54) is 0 Å². The van der Waals surface area contributed by atoms with Crippen LogP contribution in [0.3, 0.4) is 0 Å². The lowest BCUT2D eigenvalue weighted by molar-refractivity contribution is 0.188. The van der Waals surface area contributed by atoms with Gasteiger partial charge in [-0.1, -0.05) is 5.16 Å². The molecule has 2 aromatic heterocycles. The van der Waals surface area contributed by atoms with Gasteiger partial charge in [0.25, 0.3) is 0 Å². The van der Waals surface area contributed by atoms with Crippen molar-refractivity contribution in [3.05, 3.63) is 36.2 Å². The number of piperazine rings is 1. The molecule has 8 nitrogen and oxygen atoms in total. The van der Waals surface area contributed by atoms with Crippen LogP contribution in [-0.2, 0) is 0 Å². The minimum absolute atomic E-state index is 0.0930. The van der Waals surface area contributed by atoms with Crippen molar-refractivity contribution < 1.29 is 9.32 Å². The standard InChI is InChI=1S/C17H22N6O2/c1-12(16-20-15(21-25-16)13-4-5-13)19-17(24)23-9-7-22(8-10-23)14-3-2-6-18-11-14/h2-3,6,11-13H,4-5,7-10H2,1H3,(H,19,24). The molecular formula is C17H22N6O2. The maximum Gasteiger partial charge on any atom is 0.318 e. The van der Waals surface area contributed by atoms with Crippen LogP contribution in [0.2, 0.25) is 0 Å². The Morgan fingerprint density at radius 1 is 1.32 bits per heavy atom. The van der Waals surface area contributed by atoms with E-state index >= 15 is 0 Å². The molecule has 0 radical (unpaired) electrons. The maximum atomic E-state index is 12.5. The van der Waals surface area contributed by atoms with E-state index in [4.69, 9.17) is 4.52 Å². The third kappa shape index (κ3) is 3.57. The summed E-state index contributed by atoms with van der Waals surface area (Å²) in [4.78, 5) is 25.1. The Balaban J connectivity index is 1.29. The maximum absolute atomic E-state index is 12.5. The number of urea groups is 1. The highest BCUT2D eigenvalue weighted by Crippen LogP contribution is 2.38. The monoisotopic (exact) mass is 342 g/mol. The summed E-state index contributed by atoms with van der Waals surface area (Å²) in [6.45, 7) is 4.79. The van der Waals surface area contributed by atoms with E-state index in [0.717, 1.165) is 37.4 Å². The molecule has 2 amide bonds. The minimum Gasteiger partial charge on any atom is -0.367 e. The van der Waals surface area contributed by atoms with Crippen LogP contribution >= 0.6 is 0 Å². The first-order chi connectivity index (χ1) is 12.2. The van der Waals surface area contributed by atoms with Gasteiger partial charge in [0.1, 0.15) is 6.04 Å². The lowest BCUT2D eigenvalue weighted by Crippen LogP contribution is -2.52. The van der Waals surface area contributed by atoms with Gasteiger partial charge in [-0.15, -0.1) is 0 Å². The van der Waals surface area contributed by atoms with Crippen molar-refractivity contribution in [2.24, 2.45) is 0 Å². The second-order valence-electron chi connectivity index (χ2n) is 6.62. The van der Waals surface area contributed by atoms with Crippen molar-refractivity contribution in [3.63, 3.8) is 0 Å². The van der Waals surface area contributed by atoms with Gasteiger partial charge in [-0.3, -0.25) is 4.98 Å². The van der Waals surface area contributed by atoms with Crippen molar-refractivity contribution in [1.29, 1.82) is 0 Å². The number of amides is 2. The van der Waals surface area contributed by atoms with Gasteiger partial charge in [-0.25, -0.2) is 4.79 Å². The van der Waals surface area contributed by atoms with Crippen LogP contribution < -0.4 is 10.2 Å². The molecule has 25 heavy (non-hydrogen) atoms. The van der Waals surface area contributed by atoms with Crippen molar-refractivity contribution in [2.75, 3.05) is 31.1 Å². The van der Waals surface area contributed by atoms with Crippen molar-refractivity contribution in [2.45, 2.75) is 31.7 Å². The van der Waals surface area contributed by atoms with Crippen LogP contribution in [0.25, 0.3) is 0 Å². The van der Waals surface area contributed by atoms with Crippen LogP contribution in [-0.4, -0.2) is 52.2 Å². The molecule has 0 spiro atoms. The lowest BCUT2D eigenvalue weighted by Gasteiger charge is -2.36. The van der Waals surface area contributed by atoms with Gasteiger partial charge in [0, 0.05) is 38.3 Å². The number of nitrogens with one attached hydrogen (secondary N) is 1. The summed E-state index contributed by atoms with van der Waals surface area (Å²) in [5, 5.41) is 6.95. The number of rotatable bonds is 4. The fourth-order valence-corrected chi connectivity index (χ4v) is 2.98. The van der Waals surface area contributed by atoms with Crippen LogP contribution in [0, 0.1) is 0 Å². The molecule has 1 atom stereocenters. The molecule has 1 saturated carbocycles. The molecule has 2 aromatic rings. The van der Waals surface area contributed by atoms with Crippen LogP contribution in [0.4, 0.5) is 10.5 Å². The van der Waals surface area contributed by atoms with Gasteiger partial charge in [0.05, 0.1) is 11.9 Å². The summed E-state index contributed by atoms with van der Waals surface area (Å²) < 4.78 is 5.28. The normalized spacial score (nSPS) is 18.9. The average Bonchev–Trinajstić information content (AvgIpc) is 3.39. The van der Waals surface area contributed by atoms with Crippen molar-refractivity contribution >= 4 is 11.7 Å². The number of nitrogens with zero attached hydrogens (tertiary/aromatic N) is 5. The SMILES string of the molecule is CC(NC(=O)N1CCN(c2cccnc2)CC1)c1nc(C2CC2)no1. The summed E-state index contributed by atoms with van der Waals surface area (Å²) in [6.07, 6.45) is 5.87. The Bertz CT molecular complexity index is 722. The topological polar surface area (TPSA) is 87.4 Å². The Kier molecular flexibility index (Phi) is 4.25. The van der Waals surface area contributed by atoms with Crippen molar-refractivity contribution in [3.8, 4) is 0 Å². The van der Waals surface area contributed by atoms with E-state index in [-0.39, 0.29) is 12.1 Å². The lowest BCUT2D eigenvalue weighted by atomic mass is 10.3. The molecule has 8 heteroatoms. The number of hydrogen-bond donors (Lipinski definition) is 1. The predicted octanol–water partition coefficient (Wildman–Crippen LogP) is 1.93. The smallest absolute Gasteiger partial charge is 0.318 e. The average molecular weight is 342 g/mol. The molecule has 1 aliphatic heterocycles. The number of carbonyl (C=O) groups is 1. The summed E-state index contributed by atoms with van der Waals surface area (Å²) in [7, 11) is 0. The van der Waals surface area contributed by atoms with Crippen LogP contribution in [0.1, 0.15) is 43.4 Å². The molecule has 1 saturated heterocycles. The Labute approximate surface area is 146 Å². The minimum atomic E-state index is -0.288. The highest BCUT2D eigenvalue weighted by molar-refractivity contribution is 5.75. The quantitative estimate of drug-likeness (QED) is 0.913. The summed E-state index contributed by atoms with van der Waals surface area (Å²) in [6, 6.07) is 3.59. The highest BCUT2D eigenvalue weighted by Gasteiger charge is 2.30. The molecule has 4 rings (SSSR count). The fourth-order valence-electron chi connectivity index (χ4n) is 2.98. The zero-order valence-electron chi connectivity index (χ0n) is 14.3. The largest absolute Gasteiger partial charge is 0.367 e. The Hall–Kier alpha value is -2.64. The zero-order chi connectivity index (χ0) is 17.2. The first kappa shape index (κ1) is 15.9. The first-order valence-corrected chi connectivity index (χ1v) is 8.74. The molecule has 1 unspecified atom stereocenters. The Morgan fingerprint density at radius 3 is 2.80 bits per heavy atom. The van der Waals surface area contributed by atoms with Gasteiger partial charge in [0.2, 0.25) is 5.89 Å². The van der Waals surface area contributed by atoms with Gasteiger partial charge in [-0.2, -0.15) is 4.98 Å². The van der Waals surface area contributed by atoms with E-state index in [2.05, 4.69) is 25.3 Å². The molecule has 132 valence electrons. The van der Waals surface area contributed by atoms with E-state index in [9.17, 15) is 4.79 Å². The number of anilines is 1. The summed E-state index contributed by atoms with van der Waals surface area (Å²) in [5.41, 5.74) is 1.09. The molecule has 0 bridgehead atoms. The molecule has 2 fully saturated rings. The number of pyridine rings is 1. The zero-order valence-corrected chi connectivity index (χ0v) is 14.3. The summed E-state index contributed by atoms with van der Waals surface area (Å²) in [5.74, 6) is 1.69. The third-order valence-electron chi connectivity index (χ3n) is 4.69. The van der Waals surface area contributed by atoms with Crippen LogP contribution in [0.15, 0.2) is 29.0 Å². The molecular weight excluding hydrogens is 320 g/mol. The second-order valence-corrected chi connectivity index (χ2v) is 6.62. The molecule has 3 heterocycles. The highest BCUT2D eigenvalue weighted by atomic mass is 16.5. The van der Waals surface area contributed by atoms with E-state index < -0.39 is 0 Å². The Morgan fingerprint density at radius 2 is 2.12 bits per heavy atom. The third-order valence-corrected chi connectivity index (χ3v) is 4.69. The molecule has 0 aromatic carbocycles. The van der Waals surface area contributed by atoms with Gasteiger partial charge < -0.3 is 19.6 Å². The first-order valence-electron chi connectivity index (χ1n) is 8.74. The molecule has 2 aliphatic rings. The van der Waals surface area contributed by atoms with E-state index in [1.807, 2.05) is 30.2 Å². The van der Waals surface area contributed by atoms with Gasteiger partial charge in [0.15, 0.2) is 5.82 Å². The molecule has 1 aliphatic carbocycles. The summed E-state index contributed by atoms with van der Waals surface area (Å²) >= 11 is 0. The second kappa shape index (κ2) is 6.70. The number of aromatic nitrogens is 3. The van der Waals surface area contributed by atoms with Crippen molar-refractivity contribution in [1.82, 2.24) is 25.3 Å². The van der Waals surface area contributed by atoms with Gasteiger partial charge >= 0.3 is 6.03 Å². The van der Waals surface area contributed by atoms with E-state index in [1.54, 1.807) is 6.20 Å². The predicted molar refractivity (Wildman–Crippen MR) is 91.2 cm³/mol. The van der Waals surface area contributed by atoms with Gasteiger partial charge in [-0.05, 0) is 31.9 Å². The van der Waals surface area contributed by atoms with E-state index in [0.29, 0.717) is 24.9 Å².